The van der Waals surface area contributed by atoms with Crippen molar-refractivity contribution in [1.82, 2.24) is 14.1 Å². The van der Waals surface area contributed by atoms with Crippen molar-refractivity contribution in [2.75, 3.05) is 0 Å². The zero-order valence-corrected chi connectivity index (χ0v) is 16.8. The first-order valence-corrected chi connectivity index (χ1v) is 9.30. The highest BCUT2D eigenvalue weighted by molar-refractivity contribution is 9.10. The average molecular weight is 421 g/mol. The molecule has 0 saturated heterocycles. The maximum atomic E-state index is 13.0. The predicted molar refractivity (Wildman–Crippen MR) is 110 cm³/mol. The fourth-order valence-electron chi connectivity index (χ4n) is 3.30. The summed E-state index contributed by atoms with van der Waals surface area (Å²) in [5.74, 6) is 0. The second-order valence-corrected chi connectivity index (χ2v) is 8.03. The van der Waals surface area contributed by atoms with Crippen LogP contribution in [0.15, 0.2) is 57.9 Å². The Morgan fingerprint density at radius 3 is 2.52 bits per heavy atom. The van der Waals surface area contributed by atoms with Crippen LogP contribution in [0.1, 0.15) is 19.4 Å². The van der Waals surface area contributed by atoms with Gasteiger partial charge in [-0.3, -0.25) is 14.1 Å². The van der Waals surface area contributed by atoms with Gasteiger partial charge in [0.25, 0.3) is 0 Å². The number of fused-ring (bicyclic) bond motifs is 3. The molecular weight excluding hydrogens is 404 g/mol. The van der Waals surface area contributed by atoms with E-state index in [4.69, 9.17) is 0 Å². The Hall–Kier alpha value is -2.91. The molecule has 134 valence electrons. The van der Waals surface area contributed by atoms with Crippen molar-refractivity contribution < 1.29 is 0 Å². The summed E-state index contributed by atoms with van der Waals surface area (Å²) in [6, 6.07) is 15.7. The third-order valence-corrected chi connectivity index (χ3v) is 5.47. The summed E-state index contributed by atoms with van der Waals surface area (Å²) in [4.78, 5) is 17.5. The third-order valence-electron chi connectivity index (χ3n) is 4.97. The Bertz CT molecular complexity index is 1290. The van der Waals surface area contributed by atoms with Gasteiger partial charge in [-0.2, -0.15) is 5.26 Å². The van der Waals surface area contributed by atoms with Crippen molar-refractivity contribution in [2.45, 2.75) is 19.3 Å². The lowest BCUT2D eigenvalue weighted by Gasteiger charge is -2.16. The molecule has 0 aliphatic heterocycles. The summed E-state index contributed by atoms with van der Waals surface area (Å²) in [5.41, 5.74) is 3.38. The van der Waals surface area contributed by atoms with Gasteiger partial charge in [-0.05, 0) is 49.7 Å². The lowest BCUT2D eigenvalue weighted by molar-refractivity contribution is 0.686. The second kappa shape index (κ2) is 6.07. The van der Waals surface area contributed by atoms with Crippen LogP contribution in [0, 0.1) is 11.3 Å². The van der Waals surface area contributed by atoms with Crippen molar-refractivity contribution in [3.05, 3.63) is 69.2 Å². The van der Waals surface area contributed by atoms with Crippen LogP contribution in [0.2, 0.25) is 0 Å². The van der Waals surface area contributed by atoms with Gasteiger partial charge in [0.15, 0.2) is 0 Å². The van der Waals surface area contributed by atoms with Gasteiger partial charge >= 0.3 is 5.69 Å². The molecule has 0 aliphatic rings. The molecule has 2 heterocycles. The Morgan fingerprint density at radius 2 is 1.85 bits per heavy atom. The van der Waals surface area contributed by atoms with Crippen LogP contribution in [0.25, 0.3) is 27.6 Å². The Labute approximate surface area is 164 Å². The Morgan fingerprint density at radius 1 is 1.15 bits per heavy atom. The van der Waals surface area contributed by atoms with Gasteiger partial charge in [-0.1, -0.05) is 28.1 Å². The second-order valence-electron chi connectivity index (χ2n) is 7.11. The number of rotatable bonds is 2. The van der Waals surface area contributed by atoms with Crippen LogP contribution in [0.3, 0.4) is 0 Å². The molecule has 0 amide bonds. The van der Waals surface area contributed by atoms with Crippen LogP contribution in [0.4, 0.5) is 0 Å². The number of nitrogens with zero attached hydrogens (tertiary/aromatic N) is 4. The molecule has 5 nitrogen and oxygen atoms in total. The van der Waals surface area contributed by atoms with Crippen LogP contribution in [0.5, 0.6) is 0 Å². The van der Waals surface area contributed by atoms with E-state index in [1.54, 1.807) is 22.4 Å². The largest absolute Gasteiger partial charge is 0.333 e. The van der Waals surface area contributed by atoms with E-state index < -0.39 is 5.41 Å². The number of aryl methyl sites for hydroxylation is 1. The monoisotopic (exact) mass is 420 g/mol. The van der Waals surface area contributed by atoms with Gasteiger partial charge in [0.1, 0.15) is 0 Å². The quantitative estimate of drug-likeness (QED) is 0.481. The lowest BCUT2D eigenvalue weighted by atomic mass is 9.86. The van der Waals surface area contributed by atoms with E-state index in [0.29, 0.717) is 0 Å². The summed E-state index contributed by atoms with van der Waals surface area (Å²) >= 11 is 3.51. The number of benzene rings is 2. The Kier molecular flexibility index (Phi) is 3.93. The summed E-state index contributed by atoms with van der Waals surface area (Å²) < 4.78 is 4.24. The molecule has 0 saturated carbocycles. The molecule has 6 heteroatoms. The molecular formula is C21H17BrN4O. The number of imidazole rings is 1. The number of hydrogen-bond donors (Lipinski definition) is 0. The Balaban J connectivity index is 2.05. The van der Waals surface area contributed by atoms with E-state index in [0.717, 1.165) is 37.7 Å². The molecule has 0 fully saturated rings. The van der Waals surface area contributed by atoms with E-state index in [1.165, 1.54) is 0 Å². The van der Waals surface area contributed by atoms with Crippen molar-refractivity contribution in [2.24, 2.45) is 7.05 Å². The number of halogens is 1. The molecule has 0 aliphatic carbocycles. The first-order valence-electron chi connectivity index (χ1n) is 8.51. The van der Waals surface area contributed by atoms with Gasteiger partial charge < -0.3 is 0 Å². The number of aromatic nitrogens is 3. The highest BCUT2D eigenvalue weighted by Crippen LogP contribution is 2.29. The first kappa shape index (κ1) is 17.5. The van der Waals surface area contributed by atoms with E-state index >= 15 is 0 Å². The minimum Gasteiger partial charge on any atom is -0.293 e. The molecule has 27 heavy (non-hydrogen) atoms. The maximum absolute atomic E-state index is 13.0. The van der Waals surface area contributed by atoms with Gasteiger partial charge in [-0.15, -0.1) is 0 Å². The lowest BCUT2D eigenvalue weighted by Crippen LogP contribution is -2.21. The van der Waals surface area contributed by atoms with E-state index in [9.17, 15) is 10.1 Å². The summed E-state index contributed by atoms with van der Waals surface area (Å²) in [6.07, 6.45) is 1.73. The third kappa shape index (κ3) is 2.66. The van der Waals surface area contributed by atoms with Crippen molar-refractivity contribution in [1.29, 1.82) is 5.26 Å². The molecule has 0 radical (unpaired) electrons. The molecule has 4 rings (SSSR count). The van der Waals surface area contributed by atoms with Crippen LogP contribution >= 0.6 is 15.9 Å². The van der Waals surface area contributed by atoms with Crippen LogP contribution in [-0.2, 0) is 12.5 Å². The molecule has 4 aromatic rings. The SMILES string of the molecule is Cn1c(=O)n(-c2ccc(C(C)(C)C#N)cc2)c2c3cc(Br)ccc3ncc21. The molecule has 0 bridgehead atoms. The molecule has 0 unspecified atom stereocenters. The number of pyridine rings is 1. The first-order chi connectivity index (χ1) is 12.8. The smallest absolute Gasteiger partial charge is 0.293 e. The minimum atomic E-state index is -0.580. The van der Waals surface area contributed by atoms with E-state index in [1.807, 2.05) is 56.3 Å². The zero-order chi connectivity index (χ0) is 19.3. The fourth-order valence-corrected chi connectivity index (χ4v) is 3.66. The zero-order valence-electron chi connectivity index (χ0n) is 15.2. The van der Waals surface area contributed by atoms with Gasteiger partial charge in [0.2, 0.25) is 0 Å². The van der Waals surface area contributed by atoms with E-state index in [2.05, 4.69) is 27.0 Å². The van der Waals surface area contributed by atoms with Gasteiger partial charge in [0.05, 0.1) is 39.9 Å². The highest BCUT2D eigenvalue weighted by atomic mass is 79.9. The number of hydrogen-bond acceptors (Lipinski definition) is 3. The average Bonchev–Trinajstić information content (AvgIpc) is 2.93. The molecule has 0 atom stereocenters. The summed E-state index contributed by atoms with van der Waals surface area (Å²) in [7, 11) is 1.75. The standard InChI is InChI=1S/C21H17BrN4O/c1-21(2,12-23)13-4-7-15(8-5-13)26-19-16-10-14(22)6-9-17(16)24-11-18(19)25(3)20(26)27/h4-11H,1-3H3. The molecule has 2 aromatic heterocycles. The van der Waals surface area contributed by atoms with E-state index in [-0.39, 0.29) is 5.69 Å². The van der Waals surface area contributed by atoms with Crippen molar-refractivity contribution in [3.8, 4) is 11.8 Å². The predicted octanol–water partition coefficient (Wildman–Crippen LogP) is 4.44. The normalized spacial score (nSPS) is 11.8. The minimum absolute atomic E-state index is 0.133. The molecule has 0 N–H and O–H groups in total. The summed E-state index contributed by atoms with van der Waals surface area (Å²) in [5, 5.41) is 10.3. The maximum Gasteiger partial charge on any atom is 0.333 e. The fraction of sp³-hybridized carbons (Fsp3) is 0.190. The van der Waals surface area contributed by atoms with Crippen molar-refractivity contribution in [3.63, 3.8) is 0 Å². The molecule has 2 aromatic carbocycles. The van der Waals surface area contributed by atoms with Crippen LogP contribution in [-0.4, -0.2) is 14.1 Å². The summed E-state index contributed by atoms with van der Waals surface area (Å²) in [6.45, 7) is 3.76. The topological polar surface area (TPSA) is 63.6 Å². The van der Waals surface area contributed by atoms with Gasteiger partial charge in [0, 0.05) is 16.9 Å². The highest BCUT2D eigenvalue weighted by Gasteiger charge is 2.21. The van der Waals surface area contributed by atoms with Crippen LogP contribution < -0.4 is 5.69 Å². The van der Waals surface area contributed by atoms with Gasteiger partial charge in [-0.25, -0.2) is 4.79 Å². The number of nitriles is 1. The van der Waals surface area contributed by atoms with Crippen molar-refractivity contribution >= 4 is 37.9 Å². The molecule has 0 spiro atoms.